The molecule has 2 aromatic heterocycles. The highest BCUT2D eigenvalue weighted by Gasteiger charge is 2.33. The Morgan fingerprint density at radius 3 is 2.07 bits per heavy atom. The maximum absolute atomic E-state index is 6.32. The van der Waals surface area contributed by atoms with Crippen LogP contribution in [0.1, 0.15) is 0 Å². The summed E-state index contributed by atoms with van der Waals surface area (Å²) in [4.78, 5) is 9.38. The third-order valence-corrected chi connectivity index (χ3v) is 5.32. The Balaban J connectivity index is 1.65. The topological polar surface area (TPSA) is 32.5 Å². The minimum atomic E-state index is 0.687. The van der Waals surface area contributed by atoms with Crippen LogP contribution in [-0.2, 0) is 0 Å². The standard InChI is InChI=1S/C24H17N3O/c1-3-9-17(10-4-1)26-16-27(18-11-5-2-6-12-18)24-22(26)23-20(15-25-24)19-13-7-8-14-21(19)28-23/h1-15H,16H2. The average Bonchev–Trinajstić information content (AvgIpc) is 3.34. The van der Waals surface area contributed by atoms with Gasteiger partial charge < -0.3 is 14.2 Å². The fraction of sp³-hybridized carbons (Fsp3) is 0.0417. The molecule has 6 rings (SSSR count). The molecule has 4 nitrogen and oxygen atoms in total. The van der Waals surface area contributed by atoms with Crippen molar-refractivity contribution < 1.29 is 4.42 Å². The fourth-order valence-electron chi connectivity index (χ4n) is 4.01. The van der Waals surface area contributed by atoms with Crippen LogP contribution >= 0.6 is 0 Å². The molecule has 1 aliphatic heterocycles. The van der Waals surface area contributed by atoms with E-state index in [0.29, 0.717) is 6.67 Å². The van der Waals surface area contributed by atoms with Crippen molar-refractivity contribution >= 4 is 44.8 Å². The second-order valence-electron chi connectivity index (χ2n) is 6.94. The molecule has 28 heavy (non-hydrogen) atoms. The average molecular weight is 363 g/mol. The van der Waals surface area contributed by atoms with Crippen molar-refractivity contribution in [2.75, 3.05) is 16.5 Å². The van der Waals surface area contributed by atoms with Gasteiger partial charge in [-0.15, -0.1) is 0 Å². The van der Waals surface area contributed by atoms with Crippen molar-refractivity contribution in [3.63, 3.8) is 0 Å². The lowest BCUT2D eigenvalue weighted by Gasteiger charge is -2.21. The van der Waals surface area contributed by atoms with Crippen molar-refractivity contribution in [2.24, 2.45) is 0 Å². The van der Waals surface area contributed by atoms with E-state index in [2.05, 4.69) is 64.4 Å². The van der Waals surface area contributed by atoms with Gasteiger partial charge in [0.25, 0.3) is 0 Å². The van der Waals surface area contributed by atoms with Crippen LogP contribution in [0, 0.1) is 0 Å². The molecule has 5 aromatic rings. The Morgan fingerprint density at radius 2 is 1.32 bits per heavy atom. The summed E-state index contributed by atoms with van der Waals surface area (Å²) in [6.07, 6.45) is 1.93. The van der Waals surface area contributed by atoms with E-state index in [1.807, 2.05) is 36.5 Å². The smallest absolute Gasteiger partial charge is 0.164 e. The summed E-state index contributed by atoms with van der Waals surface area (Å²) in [7, 11) is 0. The van der Waals surface area contributed by atoms with Crippen LogP contribution in [-0.4, -0.2) is 11.7 Å². The molecule has 0 amide bonds. The van der Waals surface area contributed by atoms with Gasteiger partial charge >= 0.3 is 0 Å². The Kier molecular flexibility index (Phi) is 3.20. The maximum atomic E-state index is 6.32. The van der Waals surface area contributed by atoms with Gasteiger partial charge in [0.2, 0.25) is 0 Å². The minimum Gasteiger partial charge on any atom is -0.454 e. The highest BCUT2D eigenvalue weighted by atomic mass is 16.3. The van der Waals surface area contributed by atoms with Crippen LogP contribution < -0.4 is 9.80 Å². The highest BCUT2D eigenvalue weighted by molar-refractivity contribution is 6.12. The molecule has 0 unspecified atom stereocenters. The van der Waals surface area contributed by atoms with E-state index in [0.717, 1.165) is 44.8 Å². The number of nitrogens with zero attached hydrogens (tertiary/aromatic N) is 3. The first-order chi connectivity index (χ1) is 13.9. The number of rotatable bonds is 2. The van der Waals surface area contributed by atoms with Crippen LogP contribution in [0.25, 0.3) is 21.9 Å². The molecule has 1 aliphatic rings. The van der Waals surface area contributed by atoms with Crippen LogP contribution in [0.4, 0.5) is 22.9 Å². The maximum Gasteiger partial charge on any atom is 0.164 e. The van der Waals surface area contributed by atoms with Crippen molar-refractivity contribution in [1.82, 2.24) is 4.98 Å². The summed E-state index contributed by atoms with van der Waals surface area (Å²) in [5.41, 5.74) is 5.03. The monoisotopic (exact) mass is 363 g/mol. The zero-order valence-electron chi connectivity index (χ0n) is 15.1. The molecule has 3 heterocycles. The fourth-order valence-corrected chi connectivity index (χ4v) is 4.01. The molecule has 0 aliphatic carbocycles. The van der Waals surface area contributed by atoms with Crippen LogP contribution in [0.15, 0.2) is 95.5 Å². The van der Waals surface area contributed by atoms with E-state index in [1.54, 1.807) is 0 Å². The summed E-state index contributed by atoms with van der Waals surface area (Å²) in [5.74, 6) is 0.918. The van der Waals surface area contributed by atoms with Crippen LogP contribution in [0.5, 0.6) is 0 Å². The molecule has 0 N–H and O–H groups in total. The Hall–Kier alpha value is -3.79. The summed E-state index contributed by atoms with van der Waals surface area (Å²) >= 11 is 0. The summed E-state index contributed by atoms with van der Waals surface area (Å²) < 4.78 is 6.32. The molecule has 0 radical (unpaired) electrons. The number of fused-ring (bicyclic) bond motifs is 5. The minimum absolute atomic E-state index is 0.687. The zero-order chi connectivity index (χ0) is 18.5. The van der Waals surface area contributed by atoms with Crippen molar-refractivity contribution in [1.29, 1.82) is 0 Å². The number of pyridine rings is 1. The van der Waals surface area contributed by atoms with Gasteiger partial charge in [0, 0.05) is 28.3 Å². The third kappa shape index (κ3) is 2.15. The van der Waals surface area contributed by atoms with Crippen molar-refractivity contribution in [3.05, 3.63) is 91.1 Å². The first kappa shape index (κ1) is 15.3. The van der Waals surface area contributed by atoms with Crippen molar-refractivity contribution in [3.8, 4) is 0 Å². The summed E-state index contributed by atoms with van der Waals surface area (Å²) in [6.45, 7) is 0.687. The van der Waals surface area contributed by atoms with Gasteiger partial charge in [0.15, 0.2) is 11.4 Å². The van der Waals surface area contributed by atoms with Gasteiger partial charge in [-0.25, -0.2) is 4.98 Å². The molecule has 0 bridgehead atoms. The molecule has 0 spiro atoms. The molecule has 134 valence electrons. The largest absolute Gasteiger partial charge is 0.454 e. The summed E-state index contributed by atoms with van der Waals surface area (Å²) in [6, 6.07) is 28.9. The third-order valence-electron chi connectivity index (χ3n) is 5.32. The van der Waals surface area contributed by atoms with Gasteiger partial charge in [0.1, 0.15) is 17.9 Å². The normalized spacial score (nSPS) is 13.4. The quantitative estimate of drug-likeness (QED) is 0.372. The molecular formula is C24H17N3O. The number of para-hydroxylation sites is 3. The molecular weight excluding hydrogens is 346 g/mol. The van der Waals surface area contributed by atoms with Gasteiger partial charge in [0.05, 0.1) is 0 Å². The Labute approximate surface area is 162 Å². The van der Waals surface area contributed by atoms with E-state index in [-0.39, 0.29) is 0 Å². The SMILES string of the molecule is c1ccc(N2CN(c3ccccc3)c3c2ncc2c3oc3ccccc32)cc1. The van der Waals surface area contributed by atoms with Crippen LogP contribution in [0.3, 0.4) is 0 Å². The second-order valence-corrected chi connectivity index (χ2v) is 6.94. The van der Waals surface area contributed by atoms with Gasteiger partial charge in [-0.2, -0.15) is 0 Å². The summed E-state index contributed by atoms with van der Waals surface area (Å²) in [5, 5.41) is 2.14. The molecule has 3 aromatic carbocycles. The van der Waals surface area contributed by atoms with E-state index in [1.165, 1.54) is 0 Å². The second kappa shape index (κ2) is 5.86. The number of benzene rings is 3. The number of hydrogen-bond donors (Lipinski definition) is 0. The first-order valence-electron chi connectivity index (χ1n) is 9.35. The van der Waals surface area contributed by atoms with Gasteiger partial charge in [-0.1, -0.05) is 54.6 Å². The number of hydrogen-bond acceptors (Lipinski definition) is 4. The Bertz CT molecular complexity index is 1300. The zero-order valence-corrected chi connectivity index (χ0v) is 15.1. The predicted octanol–water partition coefficient (Wildman–Crippen LogP) is 6.23. The lowest BCUT2D eigenvalue weighted by molar-refractivity contribution is 0.669. The predicted molar refractivity (Wildman–Crippen MR) is 114 cm³/mol. The molecule has 0 atom stereocenters. The molecule has 0 saturated carbocycles. The van der Waals surface area contributed by atoms with E-state index in [9.17, 15) is 0 Å². The Morgan fingerprint density at radius 1 is 0.679 bits per heavy atom. The molecule has 0 fully saturated rings. The number of anilines is 4. The number of furan rings is 1. The van der Waals surface area contributed by atoms with E-state index < -0.39 is 0 Å². The van der Waals surface area contributed by atoms with E-state index in [4.69, 9.17) is 9.40 Å². The van der Waals surface area contributed by atoms with Crippen LogP contribution in [0.2, 0.25) is 0 Å². The van der Waals surface area contributed by atoms with Crippen molar-refractivity contribution in [2.45, 2.75) is 0 Å². The van der Waals surface area contributed by atoms with E-state index >= 15 is 0 Å². The molecule has 0 saturated heterocycles. The highest BCUT2D eigenvalue weighted by Crippen LogP contribution is 2.48. The lowest BCUT2D eigenvalue weighted by atomic mass is 10.2. The van der Waals surface area contributed by atoms with Gasteiger partial charge in [-0.05, 0) is 30.3 Å². The van der Waals surface area contributed by atoms with Gasteiger partial charge in [-0.3, -0.25) is 0 Å². The number of aromatic nitrogens is 1. The lowest BCUT2D eigenvalue weighted by Crippen LogP contribution is -2.24. The molecule has 4 heteroatoms. The first-order valence-corrected chi connectivity index (χ1v) is 9.35.